The fourth-order valence-electron chi connectivity index (χ4n) is 3.00. The van der Waals surface area contributed by atoms with Crippen LogP contribution in [0.4, 0.5) is 0 Å². The highest BCUT2D eigenvalue weighted by Crippen LogP contribution is 2.27. The molecule has 0 radical (unpaired) electrons. The van der Waals surface area contributed by atoms with Crippen LogP contribution in [0.25, 0.3) is 10.7 Å². The molecule has 1 aliphatic rings. The van der Waals surface area contributed by atoms with Gasteiger partial charge in [0, 0.05) is 13.1 Å². The van der Waals surface area contributed by atoms with Crippen LogP contribution in [0.3, 0.4) is 0 Å². The number of aromatic nitrogens is 3. The molecule has 0 bridgehead atoms. The number of piperidine rings is 1. The van der Waals surface area contributed by atoms with Crippen molar-refractivity contribution in [2.45, 2.75) is 43.9 Å². The summed E-state index contributed by atoms with van der Waals surface area (Å²) in [5.74, 6) is 0.554. The summed E-state index contributed by atoms with van der Waals surface area (Å²) in [5, 5.41) is 11.2. The van der Waals surface area contributed by atoms with Crippen molar-refractivity contribution < 1.29 is 9.59 Å². The molecule has 2 N–H and O–H groups in total. The van der Waals surface area contributed by atoms with Crippen molar-refractivity contribution in [3.8, 4) is 10.7 Å². The number of carbonyl (C=O) groups excluding carboxylic acids is 2. The molecule has 1 unspecified atom stereocenters. The van der Waals surface area contributed by atoms with E-state index in [2.05, 4.69) is 10.2 Å². The van der Waals surface area contributed by atoms with E-state index in [1.54, 1.807) is 16.2 Å². The van der Waals surface area contributed by atoms with Crippen LogP contribution in [0.2, 0.25) is 0 Å². The van der Waals surface area contributed by atoms with Crippen LogP contribution in [0.1, 0.15) is 26.2 Å². The number of amides is 2. The van der Waals surface area contributed by atoms with Crippen molar-refractivity contribution in [2.24, 2.45) is 5.73 Å². The van der Waals surface area contributed by atoms with E-state index in [-0.39, 0.29) is 11.7 Å². The molecule has 0 aliphatic carbocycles. The van der Waals surface area contributed by atoms with E-state index in [1.807, 2.05) is 29.0 Å². The molecule has 1 fully saturated rings. The van der Waals surface area contributed by atoms with E-state index in [0.29, 0.717) is 18.1 Å². The zero-order valence-corrected chi connectivity index (χ0v) is 15.7. The summed E-state index contributed by atoms with van der Waals surface area (Å²) >= 11 is 2.97. The molecule has 7 nitrogen and oxygen atoms in total. The third-order valence-electron chi connectivity index (χ3n) is 4.25. The third-order valence-corrected chi connectivity index (χ3v) is 6.07. The molecular weight excluding hydrogens is 358 g/mol. The number of thioether (sulfide) groups is 1. The lowest BCUT2D eigenvalue weighted by atomic mass is 10.0. The summed E-state index contributed by atoms with van der Waals surface area (Å²) in [6.07, 6.45) is 2.49. The lowest BCUT2D eigenvalue weighted by Gasteiger charge is -2.33. The maximum absolute atomic E-state index is 12.6. The topological polar surface area (TPSA) is 94.1 Å². The second-order valence-electron chi connectivity index (χ2n) is 5.82. The number of primary amides is 1. The molecule has 25 heavy (non-hydrogen) atoms. The van der Waals surface area contributed by atoms with Gasteiger partial charge in [0.25, 0.3) is 0 Å². The molecule has 2 aromatic rings. The van der Waals surface area contributed by atoms with Gasteiger partial charge in [0.1, 0.15) is 6.04 Å². The molecule has 3 rings (SSSR count). The normalized spacial score (nSPS) is 17.6. The zero-order valence-electron chi connectivity index (χ0n) is 14.1. The fraction of sp³-hybridized carbons (Fsp3) is 0.500. The quantitative estimate of drug-likeness (QED) is 0.775. The summed E-state index contributed by atoms with van der Waals surface area (Å²) in [6.45, 7) is 3.35. The number of nitrogens with two attached hydrogens (primary N) is 1. The van der Waals surface area contributed by atoms with E-state index < -0.39 is 11.9 Å². The first-order valence-corrected chi connectivity index (χ1v) is 10.2. The van der Waals surface area contributed by atoms with Crippen LogP contribution in [-0.2, 0) is 16.1 Å². The average Bonchev–Trinajstić information content (AvgIpc) is 3.28. The van der Waals surface area contributed by atoms with Crippen LogP contribution < -0.4 is 5.73 Å². The maximum Gasteiger partial charge on any atom is 0.240 e. The van der Waals surface area contributed by atoms with E-state index in [4.69, 9.17) is 5.73 Å². The Morgan fingerprint density at radius 1 is 1.40 bits per heavy atom. The van der Waals surface area contributed by atoms with E-state index in [1.165, 1.54) is 11.8 Å². The molecule has 1 atom stereocenters. The van der Waals surface area contributed by atoms with Crippen LogP contribution in [0.15, 0.2) is 22.7 Å². The Labute approximate surface area is 154 Å². The lowest BCUT2D eigenvalue weighted by Crippen LogP contribution is -2.51. The van der Waals surface area contributed by atoms with Crippen molar-refractivity contribution >= 4 is 34.9 Å². The average molecular weight is 380 g/mol. The van der Waals surface area contributed by atoms with E-state index in [9.17, 15) is 9.59 Å². The van der Waals surface area contributed by atoms with Gasteiger partial charge < -0.3 is 15.2 Å². The smallest absolute Gasteiger partial charge is 0.240 e. The largest absolute Gasteiger partial charge is 0.368 e. The monoisotopic (exact) mass is 379 g/mol. The van der Waals surface area contributed by atoms with Crippen LogP contribution in [-0.4, -0.2) is 49.8 Å². The number of thiophene rings is 1. The molecule has 2 amide bonds. The Balaban J connectivity index is 1.69. The van der Waals surface area contributed by atoms with Gasteiger partial charge >= 0.3 is 0 Å². The Hall–Kier alpha value is -1.87. The van der Waals surface area contributed by atoms with Crippen LogP contribution in [0, 0.1) is 0 Å². The Bertz CT molecular complexity index is 744. The Kier molecular flexibility index (Phi) is 5.74. The van der Waals surface area contributed by atoms with Gasteiger partial charge in [-0.15, -0.1) is 21.5 Å². The molecule has 0 spiro atoms. The molecular formula is C16H21N5O2S2. The molecule has 1 aliphatic heterocycles. The number of rotatable bonds is 6. The second-order valence-corrected chi connectivity index (χ2v) is 7.71. The zero-order chi connectivity index (χ0) is 17.8. The summed E-state index contributed by atoms with van der Waals surface area (Å²) in [5.41, 5.74) is 5.44. The van der Waals surface area contributed by atoms with Gasteiger partial charge in [-0.3, -0.25) is 9.59 Å². The third kappa shape index (κ3) is 3.87. The first-order chi connectivity index (χ1) is 12.1. The van der Waals surface area contributed by atoms with Gasteiger partial charge in [0.05, 0.1) is 10.6 Å². The molecule has 2 aromatic heterocycles. The highest BCUT2D eigenvalue weighted by molar-refractivity contribution is 7.99. The van der Waals surface area contributed by atoms with Crippen molar-refractivity contribution in [2.75, 3.05) is 12.3 Å². The van der Waals surface area contributed by atoms with Gasteiger partial charge in [0.15, 0.2) is 11.0 Å². The maximum atomic E-state index is 12.6. The highest BCUT2D eigenvalue weighted by Gasteiger charge is 2.30. The molecule has 134 valence electrons. The number of carbonyl (C=O) groups is 2. The molecule has 0 aromatic carbocycles. The van der Waals surface area contributed by atoms with Crippen molar-refractivity contribution in [1.29, 1.82) is 0 Å². The first kappa shape index (κ1) is 17.9. The van der Waals surface area contributed by atoms with Gasteiger partial charge in [-0.25, -0.2) is 0 Å². The van der Waals surface area contributed by atoms with E-state index in [0.717, 1.165) is 30.1 Å². The standard InChI is InChI=1S/C16H21N5O2S2/c1-2-20-15(12-7-5-9-24-12)18-19-16(20)25-10-13(22)21-8-4-3-6-11(21)14(17)23/h5,7,9,11H,2-4,6,8,10H2,1H3,(H2,17,23). The summed E-state index contributed by atoms with van der Waals surface area (Å²) in [4.78, 5) is 26.8. The molecule has 1 saturated heterocycles. The fourth-order valence-corrected chi connectivity index (χ4v) is 4.61. The van der Waals surface area contributed by atoms with Gasteiger partial charge in [0.2, 0.25) is 11.8 Å². The SMILES string of the molecule is CCn1c(SCC(=O)N2CCCCC2C(N)=O)nnc1-c1cccs1. The number of hydrogen-bond donors (Lipinski definition) is 1. The Morgan fingerprint density at radius 3 is 2.92 bits per heavy atom. The van der Waals surface area contributed by atoms with Crippen LogP contribution >= 0.6 is 23.1 Å². The molecule has 3 heterocycles. The highest BCUT2D eigenvalue weighted by atomic mass is 32.2. The number of nitrogens with zero attached hydrogens (tertiary/aromatic N) is 4. The minimum Gasteiger partial charge on any atom is -0.368 e. The minimum absolute atomic E-state index is 0.0724. The summed E-state index contributed by atoms with van der Waals surface area (Å²) < 4.78 is 2.01. The van der Waals surface area contributed by atoms with Crippen molar-refractivity contribution in [1.82, 2.24) is 19.7 Å². The predicted octanol–water partition coefficient (Wildman–Crippen LogP) is 1.98. The van der Waals surface area contributed by atoms with E-state index >= 15 is 0 Å². The second kappa shape index (κ2) is 8.01. The summed E-state index contributed by atoms with van der Waals surface area (Å²) in [6, 6.07) is 3.50. The first-order valence-electron chi connectivity index (χ1n) is 8.30. The molecule has 0 saturated carbocycles. The molecule has 9 heteroatoms. The lowest BCUT2D eigenvalue weighted by molar-refractivity contribution is -0.138. The van der Waals surface area contributed by atoms with Crippen molar-refractivity contribution in [3.05, 3.63) is 17.5 Å². The predicted molar refractivity (Wildman–Crippen MR) is 98.3 cm³/mol. The van der Waals surface area contributed by atoms with Crippen LogP contribution in [0.5, 0.6) is 0 Å². The minimum atomic E-state index is -0.479. The van der Waals surface area contributed by atoms with Gasteiger partial charge in [-0.1, -0.05) is 17.8 Å². The number of likely N-dealkylation sites (tertiary alicyclic amines) is 1. The van der Waals surface area contributed by atoms with Gasteiger partial charge in [-0.05, 0) is 37.6 Å². The summed E-state index contributed by atoms with van der Waals surface area (Å²) in [7, 11) is 0. The van der Waals surface area contributed by atoms with Gasteiger partial charge in [-0.2, -0.15) is 0 Å². The number of hydrogen-bond acceptors (Lipinski definition) is 6. The Morgan fingerprint density at radius 2 is 2.24 bits per heavy atom. The van der Waals surface area contributed by atoms with Crippen molar-refractivity contribution in [3.63, 3.8) is 0 Å².